The van der Waals surface area contributed by atoms with Crippen molar-refractivity contribution in [3.8, 4) is 0 Å². The van der Waals surface area contributed by atoms with E-state index in [0.29, 0.717) is 0 Å². The molecule has 76 valence electrons. The van der Waals surface area contributed by atoms with Crippen LogP contribution in [0.15, 0.2) is 11.7 Å². The number of aliphatic carboxylic acids is 1. The van der Waals surface area contributed by atoms with Crippen LogP contribution in [0, 0.1) is 0 Å². The number of nitrogens with zero attached hydrogens (tertiary/aromatic N) is 2. The molecule has 0 spiro atoms. The summed E-state index contributed by atoms with van der Waals surface area (Å²) >= 11 is 1.58. The number of carbonyl (C=O) groups is 1. The van der Waals surface area contributed by atoms with E-state index in [4.69, 9.17) is 5.11 Å². The van der Waals surface area contributed by atoms with Crippen LogP contribution in [0.5, 0.6) is 0 Å². The first-order valence-electron chi connectivity index (χ1n) is 4.61. The quantitative estimate of drug-likeness (QED) is 0.817. The molecule has 0 saturated carbocycles. The third kappa shape index (κ3) is 1.93. The Morgan fingerprint density at radius 2 is 2.64 bits per heavy atom. The minimum Gasteiger partial charge on any atom is -0.480 e. The van der Waals surface area contributed by atoms with E-state index >= 15 is 0 Å². The molecule has 2 heterocycles. The van der Waals surface area contributed by atoms with Gasteiger partial charge in [-0.2, -0.15) is 0 Å². The number of hydrogen-bond donors (Lipinski definition) is 1. The van der Waals surface area contributed by atoms with Crippen LogP contribution in [-0.4, -0.2) is 33.5 Å². The highest BCUT2D eigenvalue weighted by Crippen LogP contribution is 2.21. The van der Waals surface area contributed by atoms with Crippen LogP contribution < -0.4 is 0 Å². The molecule has 1 aliphatic rings. The smallest absolute Gasteiger partial charge is 0.320 e. The molecule has 1 N–H and O–H groups in total. The molecule has 1 aromatic rings. The van der Waals surface area contributed by atoms with Crippen LogP contribution in [-0.2, 0) is 11.3 Å². The third-order valence-electron chi connectivity index (χ3n) is 2.49. The van der Waals surface area contributed by atoms with Crippen molar-refractivity contribution in [2.75, 3.05) is 6.54 Å². The third-order valence-corrected chi connectivity index (χ3v) is 3.26. The molecule has 2 rings (SSSR count). The van der Waals surface area contributed by atoms with E-state index in [1.54, 1.807) is 16.8 Å². The summed E-state index contributed by atoms with van der Waals surface area (Å²) in [5.74, 6) is -0.702. The summed E-state index contributed by atoms with van der Waals surface area (Å²) in [7, 11) is 0. The lowest BCUT2D eigenvalue weighted by molar-refractivity contribution is -0.142. The van der Waals surface area contributed by atoms with Crippen molar-refractivity contribution in [3.63, 3.8) is 0 Å². The fourth-order valence-corrected chi connectivity index (χ4v) is 2.43. The van der Waals surface area contributed by atoms with Gasteiger partial charge in [-0.15, -0.1) is 11.3 Å². The molecule has 1 fully saturated rings. The molecule has 1 aliphatic heterocycles. The minimum absolute atomic E-state index is 0.294. The van der Waals surface area contributed by atoms with Gasteiger partial charge in [-0.3, -0.25) is 14.7 Å². The molecule has 4 nitrogen and oxygen atoms in total. The van der Waals surface area contributed by atoms with E-state index in [1.807, 2.05) is 11.1 Å². The molecule has 1 atom stereocenters. The van der Waals surface area contributed by atoms with Crippen molar-refractivity contribution in [1.29, 1.82) is 0 Å². The van der Waals surface area contributed by atoms with E-state index in [2.05, 4.69) is 4.98 Å². The zero-order valence-corrected chi connectivity index (χ0v) is 8.54. The topological polar surface area (TPSA) is 53.4 Å². The first-order valence-corrected chi connectivity index (χ1v) is 5.49. The maximum Gasteiger partial charge on any atom is 0.320 e. The number of carboxylic acid groups (broad SMARTS) is 1. The van der Waals surface area contributed by atoms with Gasteiger partial charge in [-0.1, -0.05) is 0 Å². The van der Waals surface area contributed by atoms with Crippen molar-refractivity contribution < 1.29 is 9.90 Å². The summed E-state index contributed by atoms with van der Waals surface area (Å²) in [6.45, 7) is 1.61. The molecular weight excluding hydrogens is 200 g/mol. The zero-order valence-electron chi connectivity index (χ0n) is 7.72. The lowest BCUT2D eigenvalue weighted by atomic mass is 10.2. The lowest BCUT2D eigenvalue weighted by Gasteiger charge is -2.19. The Morgan fingerprint density at radius 3 is 3.29 bits per heavy atom. The predicted molar refractivity (Wildman–Crippen MR) is 53.2 cm³/mol. The van der Waals surface area contributed by atoms with Crippen LogP contribution >= 0.6 is 11.3 Å². The average Bonchev–Trinajstić information content (AvgIpc) is 2.75. The van der Waals surface area contributed by atoms with Gasteiger partial charge in [0.25, 0.3) is 0 Å². The van der Waals surface area contributed by atoms with Crippen LogP contribution in [0.25, 0.3) is 0 Å². The maximum absolute atomic E-state index is 10.9. The molecule has 1 saturated heterocycles. The first-order chi connectivity index (χ1) is 6.77. The predicted octanol–water partition coefficient (Wildman–Crippen LogP) is 1.19. The van der Waals surface area contributed by atoms with Gasteiger partial charge in [0.1, 0.15) is 6.04 Å². The fraction of sp³-hybridized carbons (Fsp3) is 0.556. The second-order valence-corrected chi connectivity index (χ2v) is 4.41. The van der Waals surface area contributed by atoms with Crippen molar-refractivity contribution in [1.82, 2.24) is 9.88 Å². The van der Waals surface area contributed by atoms with E-state index in [-0.39, 0.29) is 6.04 Å². The second-order valence-electron chi connectivity index (χ2n) is 3.43. The SMILES string of the molecule is O=C(O)C1CCCN1Cc1cncs1. The molecule has 5 heteroatoms. The van der Waals surface area contributed by atoms with Gasteiger partial charge in [-0.25, -0.2) is 0 Å². The maximum atomic E-state index is 10.9. The highest BCUT2D eigenvalue weighted by Gasteiger charge is 2.30. The molecule has 0 aliphatic carbocycles. The number of likely N-dealkylation sites (tertiary alicyclic amines) is 1. The molecule has 1 unspecified atom stereocenters. The van der Waals surface area contributed by atoms with Crippen LogP contribution in [0.2, 0.25) is 0 Å². The van der Waals surface area contributed by atoms with Gasteiger partial charge >= 0.3 is 5.97 Å². The summed E-state index contributed by atoms with van der Waals surface area (Å²) < 4.78 is 0. The van der Waals surface area contributed by atoms with E-state index in [0.717, 1.165) is 30.8 Å². The number of aromatic nitrogens is 1. The van der Waals surface area contributed by atoms with Crippen molar-refractivity contribution in [3.05, 3.63) is 16.6 Å². The van der Waals surface area contributed by atoms with E-state index in [1.165, 1.54) is 0 Å². The molecule has 0 radical (unpaired) electrons. The fourth-order valence-electron chi connectivity index (χ4n) is 1.82. The Bertz CT molecular complexity index is 313. The highest BCUT2D eigenvalue weighted by molar-refractivity contribution is 7.09. The Kier molecular flexibility index (Phi) is 2.79. The summed E-state index contributed by atoms with van der Waals surface area (Å²) in [5, 5.41) is 8.96. The van der Waals surface area contributed by atoms with Crippen molar-refractivity contribution in [2.45, 2.75) is 25.4 Å². The number of thiazole rings is 1. The molecule has 0 bridgehead atoms. The Balaban J connectivity index is 2.00. The van der Waals surface area contributed by atoms with Crippen molar-refractivity contribution in [2.24, 2.45) is 0 Å². The van der Waals surface area contributed by atoms with Crippen LogP contribution in [0.4, 0.5) is 0 Å². The van der Waals surface area contributed by atoms with E-state index in [9.17, 15) is 4.79 Å². The lowest BCUT2D eigenvalue weighted by Crippen LogP contribution is -2.35. The van der Waals surface area contributed by atoms with Gasteiger partial charge in [-0.05, 0) is 19.4 Å². The molecule has 0 amide bonds. The molecule has 14 heavy (non-hydrogen) atoms. The number of hydrogen-bond acceptors (Lipinski definition) is 4. The van der Waals surface area contributed by atoms with E-state index < -0.39 is 5.97 Å². The highest BCUT2D eigenvalue weighted by atomic mass is 32.1. The first kappa shape index (κ1) is 9.61. The van der Waals surface area contributed by atoms with Gasteiger partial charge in [0.05, 0.1) is 5.51 Å². The second kappa shape index (κ2) is 4.06. The molecule has 0 aromatic carbocycles. The summed E-state index contributed by atoms with van der Waals surface area (Å²) in [6.07, 6.45) is 3.56. The van der Waals surface area contributed by atoms with Crippen LogP contribution in [0.1, 0.15) is 17.7 Å². The Morgan fingerprint density at radius 1 is 1.79 bits per heavy atom. The molecular formula is C9H12N2O2S. The number of rotatable bonds is 3. The minimum atomic E-state index is -0.702. The monoisotopic (exact) mass is 212 g/mol. The number of carboxylic acids is 1. The summed E-state index contributed by atoms with van der Waals surface area (Å²) in [4.78, 5) is 18.0. The van der Waals surface area contributed by atoms with Gasteiger partial charge in [0.2, 0.25) is 0 Å². The largest absolute Gasteiger partial charge is 0.480 e. The zero-order chi connectivity index (χ0) is 9.97. The molecule has 1 aromatic heterocycles. The summed E-state index contributed by atoms with van der Waals surface area (Å²) in [5.41, 5.74) is 1.78. The summed E-state index contributed by atoms with van der Waals surface area (Å²) in [6, 6.07) is -0.294. The van der Waals surface area contributed by atoms with Gasteiger partial charge in [0.15, 0.2) is 0 Å². The van der Waals surface area contributed by atoms with Crippen molar-refractivity contribution >= 4 is 17.3 Å². The van der Waals surface area contributed by atoms with Crippen LogP contribution in [0.3, 0.4) is 0 Å². The van der Waals surface area contributed by atoms with Gasteiger partial charge < -0.3 is 5.11 Å². The Hall–Kier alpha value is -0.940. The average molecular weight is 212 g/mol. The standard InChI is InChI=1S/C9H12N2O2S/c12-9(13)8-2-1-3-11(8)5-7-4-10-6-14-7/h4,6,8H,1-3,5H2,(H,12,13). The Labute approximate surface area is 86.2 Å². The van der Waals surface area contributed by atoms with Gasteiger partial charge in [0, 0.05) is 17.6 Å². The normalized spacial score (nSPS) is 22.7.